The lowest BCUT2D eigenvalue weighted by Crippen LogP contribution is -2.44. The molecule has 0 atom stereocenters. The summed E-state index contributed by atoms with van der Waals surface area (Å²) in [5.74, 6) is 1.01. The first kappa shape index (κ1) is 14.8. The molecule has 0 amide bonds. The van der Waals surface area contributed by atoms with Crippen molar-refractivity contribution in [3.05, 3.63) is 29.3 Å². The molecule has 21 heavy (non-hydrogen) atoms. The van der Waals surface area contributed by atoms with E-state index in [1.54, 1.807) is 0 Å². The fourth-order valence-corrected chi connectivity index (χ4v) is 3.14. The molecule has 0 bridgehead atoms. The Hall–Kier alpha value is -1.10. The highest BCUT2D eigenvalue weighted by Crippen LogP contribution is 2.35. The zero-order chi connectivity index (χ0) is 14.9. The van der Waals surface area contributed by atoms with E-state index in [1.165, 1.54) is 11.1 Å². The van der Waals surface area contributed by atoms with Gasteiger partial charge in [-0.2, -0.15) is 0 Å². The van der Waals surface area contributed by atoms with E-state index in [9.17, 15) is 5.11 Å². The van der Waals surface area contributed by atoms with Gasteiger partial charge >= 0.3 is 0 Å². The van der Waals surface area contributed by atoms with Crippen LogP contribution in [0, 0.1) is 0 Å². The van der Waals surface area contributed by atoms with Crippen molar-refractivity contribution >= 4 is 0 Å². The normalized spacial score (nSPS) is 22.6. The molecule has 0 aromatic heterocycles. The Labute approximate surface area is 126 Å². The highest BCUT2D eigenvalue weighted by atomic mass is 16.5. The molecule has 0 saturated carbocycles. The molecule has 0 radical (unpaired) electrons. The van der Waals surface area contributed by atoms with Crippen LogP contribution < -0.4 is 10.1 Å². The molecule has 116 valence electrons. The number of hydrogen-bond donors (Lipinski definition) is 2. The quantitative estimate of drug-likeness (QED) is 0.891. The Morgan fingerprint density at radius 2 is 2.00 bits per heavy atom. The summed E-state index contributed by atoms with van der Waals surface area (Å²) in [5.41, 5.74) is 1.82. The van der Waals surface area contributed by atoms with Crippen molar-refractivity contribution in [2.45, 2.75) is 50.9 Å². The van der Waals surface area contributed by atoms with Crippen LogP contribution in [-0.2, 0) is 17.7 Å². The number of benzene rings is 1. The van der Waals surface area contributed by atoms with Crippen molar-refractivity contribution in [2.75, 3.05) is 19.8 Å². The Morgan fingerprint density at radius 1 is 1.24 bits per heavy atom. The number of ether oxygens (including phenoxy) is 2. The molecule has 2 heterocycles. The van der Waals surface area contributed by atoms with Gasteiger partial charge in [0.2, 0.25) is 0 Å². The monoisotopic (exact) mass is 291 g/mol. The van der Waals surface area contributed by atoms with Crippen LogP contribution in [0.2, 0.25) is 0 Å². The summed E-state index contributed by atoms with van der Waals surface area (Å²) in [6.07, 6.45) is 2.38. The van der Waals surface area contributed by atoms with Crippen LogP contribution in [0.3, 0.4) is 0 Å². The molecule has 1 aromatic carbocycles. The van der Waals surface area contributed by atoms with E-state index >= 15 is 0 Å². The second-order valence-electron chi connectivity index (χ2n) is 6.92. The van der Waals surface area contributed by atoms with E-state index in [0.717, 1.165) is 18.7 Å². The van der Waals surface area contributed by atoms with Crippen LogP contribution in [0.5, 0.6) is 5.75 Å². The van der Waals surface area contributed by atoms with Crippen molar-refractivity contribution in [2.24, 2.45) is 0 Å². The lowest BCUT2D eigenvalue weighted by molar-refractivity contribution is -0.0617. The highest BCUT2D eigenvalue weighted by molar-refractivity contribution is 5.41. The summed E-state index contributed by atoms with van der Waals surface area (Å²) < 4.78 is 11.2. The zero-order valence-electron chi connectivity index (χ0n) is 12.9. The number of nitrogens with one attached hydrogen (secondary N) is 1. The highest BCUT2D eigenvalue weighted by Gasteiger charge is 2.30. The molecule has 2 aliphatic rings. The fraction of sp³-hybridized carbons (Fsp3) is 0.647. The second kappa shape index (κ2) is 5.59. The van der Waals surface area contributed by atoms with E-state index in [0.29, 0.717) is 32.6 Å². The van der Waals surface area contributed by atoms with Crippen LogP contribution in [0.1, 0.15) is 37.8 Å². The van der Waals surface area contributed by atoms with Gasteiger partial charge in [-0.15, -0.1) is 0 Å². The molecule has 4 heteroatoms. The molecular weight excluding hydrogens is 266 g/mol. The zero-order valence-corrected chi connectivity index (χ0v) is 12.9. The summed E-state index contributed by atoms with van der Waals surface area (Å²) in [5, 5.41) is 13.8. The predicted octanol–water partition coefficient (Wildman–Crippen LogP) is 2.03. The molecule has 1 saturated heterocycles. The molecule has 0 spiro atoms. The lowest BCUT2D eigenvalue weighted by atomic mass is 9.94. The van der Waals surface area contributed by atoms with Crippen molar-refractivity contribution < 1.29 is 14.6 Å². The maximum atomic E-state index is 10.4. The number of fused-ring (bicyclic) bond motifs is 1. The third-order valence-electron chi connectivity index (χ3n) is 4.33. The average Bonchev–Trinajstić information content (AvgIpc) is 2.72. The van der Waals surface area contributed by atoms with Crippen LogP contribution in [0.25, 0.3) is 0 Å². The predicted molar refractivity (Wildman–Crippen MR) is 81.6 cm³/mol. The third kappa shape index (κ3) is 3.57. The van der Waals surface area contributed by atoms with Crippen LogP contribution >= 0.6 is 0 Å². The summed E-state index contributed by atoms with van der Waals surface area (Å²) in [4.78, 5) is 0. The summed E-state index contributed by atoms with van der Waals surface area (Å²) in [6, 6.07) is 6.37. The van der Waals surface area contributed by atoms with Gasteiger partial charge in [0.1, 0.15) is 11.4 Å². The van der Waals surface area contributed by atoms with E-state index in [4.69, 9.17) is 9.47 Å². The molecule has 2 aliphatic heterocycles. The van der Waals surface area contributed by atoms with Crippen LogP contribution in [-0.4, -0.2) is 36.1 Å². The maximum absolute atomic E-state index is 10.4. The van der Waals surface area contributed by atoms with E-state index in [2.05, 4.69) is 37.4 Å². The minimum Gasteiger partial charge on any atom is -0.487 e. The smallest absolute Gasteiger partial charge is 0.123 e. The molecule has 1 fully saturated rings. The van der Waals surface area contributed by atoms with Gasteiger partial charge in [-0.25, -0.2) is 0 Å². The molecular formula is C17H25NO3. The van der Waals surface area contributed by atoms with Crippen molar-refractivity contribution in [1.29, 1.82) is 0 Å². The maximum Gasteiger partial charge on any atom is 0.123 e. The van der Waals surface area contributed by atoms with Gasteiger partial charge in [-0.1, -0.05) is 12.1 Å². The van der Waals surface area contributed by atoms with E-state index < -0.39 is 5.60 Å². The molecule has 0 aliphatic carbocycles. The molecule has 4 nitrogen and oxygen atoms in total. The SMILES string of the molecule is CC1(C)Cc2cc(CNCC3(O)CCOCC3)ccc2O1. The third-order valence-corrected chi connectivity index (χ3v) is 4.33. The molecule has 1 aromatic rings. The van der Waals surface area contributed by atoms with Crippen molar-refractivity contribution in [1.82, 2.24) is 5.32 Å². The first-order valence-corrected chi connectivity index (χ1v) is 7.78. The minimum atomic E-state index is -0.611. The average molecular weight is 291 g/mol. The number of hydrogen-bond acceptors (Lipinski definition) is 4. The van der Waals surface area contributed by atoms with Gasteiger partial charge in [-0.05, 0) is 31.0 Å². The summed E-state index contributed by atoms with van der Waals surface area (Å²) in [6.45, 7) is 6.94. The van der Waals surface area contributed by atoms with Gasteiger partial charge in [0.25, 0.3) is 0 Å². The summed E-state index contributed by atoms with van der Waals surface area (Å²) >= 11 is 0. The first-order chi connectivity index (χ1) is 9.96. The van der Waals surface area contributed by atoms with Gasteiger partial charge in [0.05, 0.1) is 5.60 Å². The lowest BCUT2D eigenvalue weighted by Gasteiger charge is -2.32. The fourth-order valence-electron chi connectivity index (χ4n) is 3.14. The Bertz CT molecular complexity index is 507. The van der Waals surface area contributed by atoms with E-state index in [-0.39, 0.29) is 5.60 Å². The molecule has 2 N–H and O–H groups in total. The topological polar surface area (TPSA) is 50.7 Å². The minimum absolute atomic E-state index is 0.0916. The van der Waals surface area contributed by atoms with Gasteiger partial charge in [0, 0.05) is 45.6 Å². The Kier molecular flexibility index (Phi) is 3.95. The van der Waals surface area contributed by atoms with Crippen LogP contribution in [0.15, 0.2) is 18.2 Å². The number of aliphatic hydroxyl groups is 1. The van der Waals surface area contributed by atoms with Crippen LogP contribution in [0.4, 0.5) is 0 Å². The first-order valence-electron chi connectivity index (χ1n) is 7.78. The number of rotatable bonds is 4. The van der Waals surface area contributed by atoms with Gasteiger partial charge in [-0.3, -0.25) is 0 Å². The van der Waals surface area contributed by atoms with Gasteiger partial charge < -0.3 is 19.9 Å². The standard InChI is InChI=1S/C17H25NO3/c1-16(2)10-14-9-13(3-4-15(14)21-16)11-18-12-17(19)5-7-20-8-6-17/h3-4,9,18-19H,5-8,10-12H2,1-2H3. The molecule has 0 unspecified atom stereocenters. The van der Waals surface area contributed by atoms with Gasteiger partial charge in [0.15, 0.2) is 0 Å². The van der Waals surface area contributed by atoms with E-state index in [1.807, 2.05) is 0 Å². The Morgan fingerprint density at radius 3 is 2.76 bits per heavy atom. The summed E-state index contributed by atoms with van der Waals surface area (Å²) in [7, 11) is 0. The second-order valence-corrected chi connectivity index (χ2v) is 6.92. The molecule has 3 rings (SSSR count). The van der Waals surface area contributed by atoms with Crippen molar-refractivity contribution in [3.63, 3.8) is 0 Å². The largest absolute Gasteiger partial charge is 0.487 e. The van der Waals surface area contributed by atoms with Crippen molar-refractivity contribution in [3.8, 4) is 5.75 Å². The Balaban J connectivity index is 1.55.